The van der Waals surface area contributed by atoms with Gasteiger partial charge in [-0.3, -0.25) is 14.4 Å². The number of ketones is 1. The Bertz CT molecular complexity index is 765. The Morgan fingerprint density at radius 2 is 2.10 bits per heavy atom. The van der Waals surface area contributed by atoms with Gasteiger partial charge >= 0.3 is 0 Å². The molecule has 0 radical (unpaired) electrons. The van der Waals surface area contributed by atoms with Crippen LogP contribution in [0.4, 0.5) is 5.82 Å². The van der Waals surface area contributed by atoms with Gasteiger partial charge in [0.25, 0.3) is 11.5 Å². The van der Waals surface area contributed by atoms with Gasteiger partial charge in [0.05, 0.1) is 0 Å². The molecule has 0 saturated carbocycles. The number of fused-ring (bicyclic) bond motifs is 1. The molecule has 2 aromatic rings. The number of hydrogen-bond acceptors (Lipinski definition) is 4. The minimum Gasteiger partial charge on any atom is -0.325 e. The number of carbonyl (C=O) groups is 2. The summed E-state index contributed by atoms with van der Waals surface area (Å²) in [5.41, 5.74) is 0.490. The SMILES string of the molecule is O=C1CCCc2[nH]c(=O)c(C(=O)Nc3ccccn3)cc21. The van der Waals surface area contributed by atoms with Gasteiger partial charge in [0.15, 0.2) is 5.78 Å². The fourth-order valence-electron chi connectivity index (χ4n) is 2.36. The Morgan fingerprint density at radius 3 is 2.86 bits per heavy atom. The highest BCUT2D eigenvalue weighted by Gasteiger charge is 2.22. The van der Waals surface area contributed by atoms with E-state index in [-0.39, 0.29) is 11.3 Å². The summed E-state index contributed by atoms with van der Waals surface area (Å²) in [5, 5.41) is 2.54. The molecule has 0 aromatic carbocycles. The fraction of sp³-hybridized carbons (Fsp3) is 0.200. The molecular formula is C15H13N3O3. The van der Waals surface area contributed by atoms with Gasteiger partial charge in [-0.25, -0.2) is 4.98 Å². The molecule has 0 atom stereocenters. The Kier molecular flexibility index (Phi) is 3.35. The van der Waals surface area contributed by atoms with E-state index in [2.05, 4.69) is 15.3 Å². The van der Waals surface area contributed by atoms with Gasteiger partial charge in [0.1, 0.15) is 11.4 Å². The zero-order valence-corrected chi connectivity index (χ0v) is 11.2. The van der Waals surface area contributed by atoms with E-state index in [4.69, 9.17) is 0 Å². The second kappa shape index (κ2) is 5.32. The number of nitrogens with one attached hydrogen (secondary N) is 2. The standard InChI is InChI=1S/C15H13N3O3/c19-12-5-3-4-11-9(12)8-10(14(20)17-11)15(21)18-13-6-1-2-7-16-13/h1-2,6-8H,3-5H2,(H,17,20)(H,16,18,21). The predicted octanol–water partition coefficient (Wildman–Crippen LogP) is 1.54. The van der Waals surface area contributed by atoms with Crippen LogP contribution in [0.2, 0.25) is 0 Å². The van der Waals surface area contributed by atoms with Gasteiger partial charge in [0.2, 0.25) is 0 Å². The molecule has 1 amide bonds. The number of amides is 1. The van der Waals surface area contributed by atoms with Crippen molar-refractivity contribution in [1.82, 2.24) is 9.97 Å². The molecule has 0 saturated heterocycles. The minimum absolute atomic E-state index is 0.0422. The van der Waals surface area contributed by atoms with E-state index in [1.54, 1.807) is 18.2 Å². The smallest absolute Gasteiger partial charge is 0.262 e. The summed E-state index contributed by atoms with van der Waals surface area (Å²) in [7, 11) is 0. The van der Waals surface area contributed by atoms with Crippen molar-refractivity contribution in [3.05, 3.63) is 57.6 Å². The molecule has 0 bridgehead atoms. The minimum atomic E-state index is -0.573. The van der Waals surface area contributed by atoms with E-state index < -0.39 is 11.5 Å². The lowest BCUT2D eigenvalue weighted by Gasteiger charge is -2.14. The van der Waals surface area contributed by atoms with E-state index in [1.165, 1.54) is 12.3 Å². The molecule has 21 heavy (non-hydrogen) atoms. The summed E-state index contributed by atoms with van der Waals surface area (Å²) in [4.78, 5) is 42.6. The topological polar surface area (TPSA) is 91.9 Å². The Labute approximate surface area is 120 Å². The first kappa shape index (κ1) is 13.2. The van der Waals surface area contributed by atoms with Gasteiger partial charge in [0, 0.05) is 23.9 Å². The van der Waals surface area contributed by atoms with Crippen LogP contribution < -0.4 is 10.9 Å². The van der Waals surface area contributed by atoms with Gasteiger partial charge in [-0.1, -0.05) is 6.07 Å². The zero-order chi connectivity index (χ0) is 14.8. The summed E-state index contributed by atoms with van der Waals surface area (Å²) in [6, 6.07) is 6.45. The van der Waals surface area contributed by atoms with Crippen LogP contribution in [0.5, 0.6) is 0 Å². The maximum Gasteiger partial charge on any atom is 0.262 e. The number of nitrogens with zero attached hydrogens (tertiary/aromatic N) is 1. The van der Waals surface area contributed by atoms with Crippen LogP contribution in [0.25, 0.3) is 0 Å². The average molecular weight is 283 g/mol. The van der Waals surface area contributed by atoms with E-state index >= 15 is 0 Å². The lowest BCUT2D eigenvalue weighted by molar-refractivity contribution is 0.0971. The second-order valence-corrected chi connectivity index (χ2v) is 4.85. The normalized spacial score (nSPS) is 13.6. The lowest BCUT2D eigenvalue weighted by atomic mass is 9.93. The Morgan fingerprint density at radius 1 is 1.24 bits per heavy atom. The van der Waals surface area contributed by atoms with E-state index in [1.807, 2.05) is 0 Å². The molecule has 1 aliphatic rings. The highest BCUT2D eigenvalue weighted by Crippen LogP contribution is 2.19. The van der Waals surface area contributed by atoms with Crippen LogP contribution in [0.3, 0.4) is 0 Å². The maximum atomic E-state index is 12.1. The number of anilines is 1. The molecule has 3 rings (SSSR count). The van der Waals surface area contributed by atoms with Crippen molar-refractivity contribution >= 4 is 17.5 Å². The number of rotatable bonds is 2. The average Bonchev–Trinajstić information content (AvgIpc) is 2.48. The van der Waals surface area contributed by atoms with Crippen molar-refractivity contribution in [3.63, 3.8) is 0 Å². The second-order valence-electron chi connectivity index (χ2n) is 4.85. The highest BCUT2D eigenvalue weighted by atomic mass is 16.2. The summed E-state index contributed by atoms with van der Waals surface area (Å²) < 4.78 is 0. The molecule has 2 N–H and O–H groups in total. The fourth-order valence-corrected chi connectivity index (χ4v) is 2.36. The molecular weight excluding hydrogens is 270 g/mol. The van der Waals surface area contributed by atoms with Gasteiger partial charge in [-0.05, 0) is 31.0 Å². The molecule has 6 nitrogen and oxygen atoms in total. The number of aromatic amines is 1. The van der Waals surface area contributed by atoms with Gasteiger partial charge in [-0.2, -0.15) is 0 Å². The first-order chi connectivity index (χ1) is 10.1. The van der Waals surface area contributed by atoms with Crippen molar-refractivity contribution in [2.45, 2.75) is 19.3 Å². The third-order valence-electron chi connectivity index (χ3n) is 3.40. The van der Waals surface area contributed by atoms with Gasteiger partial charge < -0.3 is 10.3 Å². The van der Waals surface area contributed by atoms with Crippen LogP contribution >= 0.6 is 0 Å². The molecule has 0 fully saturated rings. The highest BCUT2D eigenvalue weighted by molar-refractivity contribution is 6.06. The number of carbonyl (C=O) groups excluding carboxylic acids is 2. The molecule has 6 heteroatoms. The van der Waals surface area contributed by atoms with Crippen molar-refractivity contribution < 1.29 is 9.59 Å². The quantitative estimate of drug-likeness (QED) is 0.874. The molecule has 2 heterocycles. The number of aryl methyl sites for hydroxylation is 1. The van der Waals surface area contributed by atoms with E-state index in [0.29, 0.717) is 29.9 Å². The van der Waals surface area contributed by atoms with Crippen molar-refractivity contribution in [2.75, 3.05) is 5.32 Å². The monoisotopic (exact) mass is 283 g/mol. The van der Waals surface area contributed by atoms with Crippen LogP contribution in [-0.2, 0) is 6.42 Å². The lowest BCUT2D eigenvalue weighted by Crippen LogP contribution is -2.27. The van der Waals surface area contributed by atoms with Crippen molar-refractivity contribution in [1.29, 1.82) is 0 Å². The third kappa shape index (κ3) is 2.60. The number of Topliss-reactive ketones (excluding diaryl/α,β-unsaturated/α-hetero) is 1. The Hall–Kier alpha value is -2.76. The van der Waals surface area contributed by atoms with E-state index in [0.717, 1.165) is 6.42 Å². The zero-order valence-electron chi connectivity index (χ0n) is 11.2. The first-order valence-electron chi connectivity index (χ1n) is 6.67. The summed E-state index contributed by atoms with van der Waals surface area (Å²) in [6.45, 7) is 0. The largest absolute Gasteiger partial charge is 0.325 e. The Balaban J connectivity index is 1.95. The first-order valence-corrected chi connectivity index (χ1v) is 6.67. The number of H-pyrrole nitrogens is 1. The van der Waals surface area contributed by atoms with Crippen molar-refractivity contribution in [3.8, 4) is 0 Å². The van der Waals surface area contributed by atoms with Gasteiger partial charge in [-0.15, -0.1) is 0 Å². The number of aromatic nitrogens is 2. The molecule has 1 aliphatic carbocycles. The molecule has 0 unspecified atom stereocenters. The van der Waals surface area contributed by atoms with Crippen LogP contribution in [-0.4, -0.2) is 21.7 Å². The molecule has 2 aromatic heterocycles. The molecule has 106 valence electrons. The summed E-state index contributed by atoms with van der Waals surface area (Å²) in [6.07, 6.45) is 3.36. The molecule has 0 aliphatic heterocycles. The number of pyridine rings is 2. The van der Waals surface area contributed by atoms with Crippen molar-refractivity contribution in [2.24, 2.45) is 0 Å². The van der Waals surface area contributed by atoms with Crippen LogP contribution in [0.1, 0.15) is 39.3 Å². The predicted molar refractivity (Wildman–Crippen MR) is 76.5 cm³/mol. The maximum absolute atomic E-state index is 12.1. The van der Waals surface area contributed by atoms with Crippen LogP contribution in [0, 0.1) is 0 Å². The molecule has 0 spiro atoms. The summed E-state index contributed by atoms with van der Waals surface area (Å²) >= 11 is 0. The number of hydrogen-bond donors (Lipinski definition) is 2. The summed E-state index contributed by atoms with van der Waals surface area (Å²) in [5.74, 6) is -0.263. The third-order valence-corrected chi connectivity index (χ3v) is 3.40. The van der Waals surface area contributed by atoms with Crippen LogP contribution in [0.15, 0.2) is 35.3 Å². The van der Waals surface area contributed by atoms with E-state index in [9.17, 15) is 14.4 Å².